The molecule has 12 heteroatoms. The van der Waals surface area contributed by atoms with Gasteiger partial charge < -0.3 is 24.4 Å². The second kappa shape index (κ2) is 15.4. The molecule has 5 aliphatic rings. The number of nitrogens with one attached hydrogen (secondary N) is 1. The zero-order valence-electron chi connectivity index (χ0n) is 30.3. The molecule has 3 aromatic rings. The number of nitrogens with zero attached hydrogens (tertiary/aromatic N) is 6. The van der Waals surface area contributed by atoms with E-state index in [4.69, 9.17) is 19.2 Å². The highest BCUT2D eigenvalue weighted by Gasteiger charge is 2.54. The molecule has 1 N–H and O–H groups in total. The summed E-state index contributed by atoms with van der Waals surface area (Å²) in [4.78, 5) is 30.4. The normalized spacial score (nSPS) is 20.5. The topological polar surface area (TPSA) is 105 Å². The first-order valence-corrected chi connectivity index (χ1v) is 18.7. The number of anilines is 1. The first-order chi connectivity index (χ1) is 24.8. The van der Waals surface area contributed by atoms with Gasteiger partial charge in [-0.25, -0.2) is 14.4 Å². The molecule has 0 atom stereocenters. The van der Waals surface area contributed by atoms with Crippen molar-refractivity contribution in [3.05, 3.63) is 65.6 Å². The van der Waals surface area contributed by atoms with Crippen molar-refractivity contribution < 1.29 is 23.4 Å². The van der Waals surface area contributed by atoms with E-state index in [1.807, 2.05) is 27.0 Å². The minimum atomic E-state index is -0.259. The number of likely N-dealkylation sites (tertiary alicyclic amines) is 1. The third-order valence-electron chi connectivity index (χ3n) is 11.0. The smallest absolute Gasteiger partial charge is 0.207 e. The van der Waals surface area contributed by atoms with Crippen LogP contribution in [-0.4, -0.2) is 101 Å². The number of aryl methyl sites for hydroxylation is 1. The van der Waals surface area contributed by atoms with E-state index < -0.39 is 0 Å². The molecule has 1 aromatic carbocycles. The van der Waals surface area contributed by atoms with E-state index in [0.717, 1.165) is 95.4 Å². The van der Waals surface area contributed by atoms with Gasteiger partial charge in [0, 0.05) is 81.2 Å². The third kappa shape index (κ3) is 8.13. The van der Waals surface area contributed by atoms with Crippen LogP contribution in [0, 0.1) is 11.2 Å². The van der Waals surface area contributed by atoms with Crippen LogP contribution in [0.15, 0.2) is 43.0 Å². The number of ether oxygens (including phenoxy) is 3. The van der Waals surface area contributed by atoms with Crippen LogP contribution in [0.3, 0.4) is 0 Å². The minimum absolute atomic E-state index is 0.192. The SMILES string of the molecule is CC(C)NC=O.CCc1cc(F)ccc1Oc1cncnc1N1CC2(CC(Oc3ccnc4c3CN(CCCN3CC5(CCCO5)C3)CC4)C2)C1. The minimum Gasteiger partial charge on any atom is -0.490 e. The summed E-state index contributed by atoms with van der Waals surface area (Å²) in [5, 5.41) is 2.53. The summed E-state index contributed by atoms with van der Waals surface area (Å²) in [6, 6.07) is 6.98. The number of fused-ring (bicyclic) bond motifs is 1. The van der Waals surface area contributed by atoms with Crippen molar-refractivity contribution in [2.45, 2.75) is 90.0 Å². The number of hydrogen-bond donors (Lipinski definition) is 1. The van der Waals surface area contributed by atoms with E-state index in [-0.39, 0.29) is 29.0 Å². The molecule has 274 valence electrons. The van der Waals surface area contributed by atoms with Gasteiger partial charge in [0.05, 0.1) is 11.8 Å². The Hall–Kier alpha value is -3.87. The second-order valence-electron chi connectivity index (χ2n) is 15.3. The van der Waals surface area contributed by atoms with E-state index in [9.17, 15) is 9.18 Å². The van der Waals surface area contributed by atoms with Crippen LogP contribution < -0.4 is 19.7 Å². The number of carbonyl (C=O) groups is 1. The molecule has 8 rings (SSSR count). The molecule has 1 saturated carbocycles. The van der Waals surface area contributed by atoms with Crippen molar-refractivity contribution in [2.75, 3.05) is 57.3 Å². The average Bonchev–Trinajstić information content (AvgIpc) is 3.57. The zero-order chi connectivity index (χ0) is 35.4. The van der Waals surface area contributed by atoms with Crippen molar-refractivity contribution in [3.63, 3.8) is 0 Å². The number of aromatic nitrogens is 3. The fourth-order valence-corrected chi connectivity index (χ4v) is 8.36. The van der Waals surface area contributed by atoms with Gasteiger partial charge in [0.1, 0.15) is 29.7 Å². The van der Waals surface area contributed by atoms with Gasteiger partial charge in [-0.15, -0.1) is 0 Å². The number of amides is 1. The van der Waals surface area contributed by atoms with Gasteiger partial charge in [-0.3, -0.25) is 19.6 Å². The Labute approximate surface area is 300 Å². The highest BCUT2D eigenvalue weighted by molar-refractivity contribution is 5.56. The summed E-state index contributed by atoms with van der Waals surface area (Å²) in [6.45, 7) is 15.1. The summed E-state index contributed by atoms with van der Waals surface area (Å²) >= 11 is 0. The maximum absolute atomic E-state index is 13.8. The van der Waals surface area contributed by atoms with Crippen LogP contribution in [0.2, 0.25) is 0 Å². The maximum atomic E-state index is 13.8. The lowest BCUT2D eigenvalue weighted by molar-refractivity contribution is -0.111. The van der Waals surface area contributed by atoms with Crippen LogP contribution in [0.25, 0.3) is 0 Å². The van der Waals surface area contributed by atoms with Gasteiger partial charge in [0.2, 0.25) is 6.41 Å². The number of rotatable bonds is 12. The van der Waals surface area contributed by atoms with Crippen molar-refractivity contribution in [1.82, 2.24) is 30.1 Å². The molecule has 11 nitrogen and oxygen atoms in total. The third-order valence-corrected chi connectivity index (χ3v) is 11.0. The van der Waals surface area contributed by atoms with Crippen molar-refractivity contribution in [1.29, 1.82) is 0 Å². The zero-order valence-corrected chi connectivity index (χ0v) is 30.3. The Bertz CT molecular complexity index is 1650. The molecule has 51 heavy (non-hydrogen) atoms. The largest absolute Gasteiger partial charge is 0.490 e. The van der Waals surface area contributed by atoms with Crippen molar-refractivity contribution in [3.8, 4) is 17.2 Å². The quantitative estimate of drug-likeness (QED) is 0.255. The van der Waals surface area contributed by atoms with Crippen LogP contribution in [-0.2, 0) is 28.9 Å². The monoisotopic (exact) mass is 701 g/mol. The fraction of sp³-hybridized carbons (Fsp3) is 0.590. The van der Waals surface area contributed by atoms with E-state index >= 15 is 0 Å². The van der Waals surface area contributed by atoms with E-state index in [1.54, 1.807) is 18.6 Å². The van der Waals surface area contributed by atoms with Crippen molar-refractivity contribution in [2.24, 2.45) is 5.41 Å². The Morgan fingerprint density at radius 1 is 1.08 bits per heavy atom. The summed E-state index contributed by atoms with van der Waals surface area (Å²) < 4.78 is 32.6. The lowest BCUT2D eigenvalue weighted by Gasteiger charge is -2.59. The predicted molar refractivity (Wildman–Crippen MR) is 193 cm³/mol. The molecular weight excluding hydrogens is 649 g/mol. The van der Waals surface area contributed by atoms with E-state index in [1.165, 1.54) is 42.7 Å². The number of halogens is 1. The first kappa shape index (κ1) is 35.5. The summed E-state index contributed by atoms with van der Waals surface area (Å²) in [6.07, 6.45) is 13.5. The summed E-state index contributed by atoms with van der Waals surface area (Å²) in [5.74, 6) is 2.79. The van der Waals surface area contributed by atoms with Gasteiger partial charge in [-0.2, -0.15) is 0 Å². The molecule has 1 amide bonds. The highest BCUT2D eigenvalue weighted by atomic mass is 19.1. The summed E-state index contributed by atoms with van der Waals surface area (Å²) in [5.41, 5.74) is 3.73. The van der Waals surface area contributed by atoms with E-state index in [2.05, 4.69) is 36.1 Å². The maximum Gasteiger partial charge on any atom is 0.207 e. The number of hydrogen-bond acceptors (Lipinski definition) is 10. The average molecular weight is 702 g/mol. The van der Waals surface area contributed by atoms with Gasteiger partial charge in [0.15, 0.2) is 11.6 Å². The number of carbonyl (C=O) groups excluding carboxylic acids is 1. The standard InChI is InChI=1S/C35H43FN6O3.C4H9NO/c1-2-25-15-26(36)5-6-30(25)45-32-18-37-24-39-33(32)42-20-34(21-42)16-27(17-34)44-31-7-10-38-29-8-13-40(19-28(29)31)11-4-12-41-22-35(23-41)9-3-14-43-35;1-4(2)5-3-6/h5-7,10,15,18,24,27H,2-4,8-9,11-14,16-17,19-23H2,1H3;3-4H,1-2H3,(H,5,6). The predicted octanol–water partition coefficient (Wildman–Crippen LogP) is 5.17. The molecule has 0 unspecified atom stereocenters. The Kier molecular flexibility index (Phi) is 10.7. The number of benzene rings is 1. The second-order valence-corrected chi connectivity index (χ2v) is 15.3. The highest BCUT2D eigenvalue weighted by Crippen LogP contribution is 2.52. The van der Waals surface area contributed by atoms with Crippen LogP contribution in [0.1, 0.15) is 69.7 Å². The van der Waals surface area contributed by atoms with Crippen LogP contribution in [0.5, 0.6) is 17.2 Å². The fourth-order valence-electron chi connectivity index (χ4n) is 8.36. The lowest BCUT2D eigenvalue weighted by atomic mass is 9.61. The van der Waals surface area contributed by atoms with Crippen LogP contribution in [0.4, 0.5) is 10.2 Å². The van der Waals surface area contributed by atoms with Gasteiger partial charge >= 0.3 is 0 Å². The Balaban J connectivity index is 0.000000625. The molecule has 2 aromatic heterocycles. The molecule has 1 aliphatic carbocycles. The van der Waals surface area contributed by atoms with Gasteiger partial charge in [0.25, 0.3) is 0 Å². The van der Waals surface area contributed by atoms with Gasteiger partial charge in [-0.05, 0) is 95.3 Å². The molecule has 0 radical (unpaired) electrons. The Morgan fingerprint density at radius 2 is 1.90 bits per heavy atom. The Morgan fingerprint density at radius 3 is 2.63 bits per heavy atom. The van der Waals surface area contributed by atoms with Crippen LogP contribution >= 0.6 is 0 Å². The molecule has 2 spiro atoms. The molecule has 0 bridgehead atoms. The molecule has 4 aliphatic heterocycles. The molecular formula is C39H52FN7O4. The summed E-state index contributed by atoms with van der Waals surface area (Å²) in [7, 11) is 0. The lowest BCUT2D eigenvalue weighted by Crippen LogP contribution is -2.65. The van der Waals surface area contributed by atoms with E-state index in [0.29, 0.717) is 24.3 Å². The van der Waals surface area contributed by atoms with Crippen molar-refractivity contribution >= 4 is 12.2 Å². The molecule has 6 heterocycles. The first-order valence-electron chi connectivity index (χ1n) is 18.7. The molecule has 4 fully saturated rings. The molecule has 3 saturated heterocycles. The van der Waals surface area contributed by atoms with Gasteiger partial charge in [-0.1, -0.05) is 6.92 Å². The number of pyridine rings is 1.